The molecule has 4 rings (SSSR count). The lowest BCUT2D eigenvalue weighted by molar-refractivity contribution is 0.588. The molecule has 3 heterocycles. The van der Waals surface area contributed by atoms with Gasteiger partial charge in [0.2, 0.25) is 0 Å². The summed E-state index contributed by atoms with van der Waals surface area (Å²) in [4.78, 5) is 7.02. The maximum absolute atomic E-state index is 13.4. The lowest BCUT2D eigenvalue weighted by atomic mass is 10.1. The number of hydrogen-bond acceptors (Lipinski definition) is 3. The predicted molar refractivity (Wildman–Crippen MR) is 90.4 cm³/mol. The molecule has 118 valence electrons. The van der Waals surface area contributed by atoms with E-state index < -0.39 is 0 Å². The molecule has 4 nitrogen and oxygen atoms in total. The van der Waals surface area contributed by atoms with Crippen LogP contribution in [0, 0.1) is 12.7 Å². The number of aromatic nitrogens is 2. The number of halogens is 1. The number of anilines is 1. The van der Waals surface area contributed by atoms with E-state index in [9.17, 15) is 4.39 Å². The molecule has 1 saturated heterocycles. The van der Waals surface area contributed by atoms with Crippen molar-refractivity contribution < 1.29 is 4.39 Å². The molecule has 0 spiro atoms. The van der Waals surface area contributed by atoms with Crippen LogP contribution < -0.4 is 10.2 Å². The van der Waals surface area contributed by atoms with E-state index in [2.05, 4.69) is 27.5 Å². The van der Waals surface area contributed by atoms with Crippen LogP contribution in [-0.2, 0) is 0 Å². The number of pyridine rings is 1. The lowest BCUT2D eigenvalue weighted by Gasteiger charge is -2.29. The van der Waals surface area contributed by atoms with Crippen molar-refractivity contribution in [2.75, 3.05) is 31.1 Å². The summed E-state index contributed by atoms with van der Waals surface area (Å²) in [7, 11) is 0. The first-order chi connectivity index (χ1) is 11.2. The Balaban J connectivity index is 1.71. The van der Waals surface area contributed by atoms with Gasteiger partial charge in [0.1, 0.15) is 11.5 Å². The van der Waals surface area contributed by atoms with Gasteiger partial charge in [-0.05, 0) is 42.8 Å². The number of aryl methyl sites for hydroxylation is 1. The van der Waals surface area contributed by atoms with Crippen molar-refractivity contribution in [1.82, 2.24) is 14.7 Å². The average Bonchev–Trinajstić information content (AvgIpc) is 3.01. The quantitative estimate of drug-likeness (QED) is 0.790. The summed E-state index contributed by atoms with van der Waals surface area (Å²) >= 11 is 0. The second kappa shape index (κ2) is 5.66. The van der Waals surface area contributed by atoms with Gasteiger partial charge >= 0.3 is 0 Å². The molecule has 5 heteroatoms. The van der Waals surface area contributed by atoms with Gasteiger partial charge in [0.25, 0.3) is 0 Å². The number of nitrogens with one attached hydrogen (secondary N) is 1. The molecule has 1 fully saturated rings. The van der Waals surface area contributed by atoms with Crippen LogP contribution in [0.5, 0.6) is 0 Å². The first kappa shape index (κ1) is 14.2. The summed E-state index contributed by atoms with van der Waals surface area (Å²) < 4.78 is 15.5. The third kappa shape index (κ3) is 2.68. The van der Waals surface area contributed by atoms with Gasteiger partial charge in [0, 0.05) is 44.1 Å². The van der Waals surface area contributed by atoms with Gasteiger partial charge in [-0.25, -0.2) is 9.37 Å². The number of hydrogen-bond donors (Lipinski definition) is 1. The molecule has 2 aromatic heterocycles. The Morgan fingerprint density at radius 1 is 1.09 bits per heavy atom. The van der Waals surface area contributed by atoms with Gasteiger partial charge in [-0.3, -0.25) is 0 Å². The molecule has 0 radical (unpaired) electrons. The smallest absolute Gasteiger partial charge is 0.137 e. The van der Waals surface area contributed by atoms with Crippen molar-refractivity contribution in [3.8, 4) is 11.3 Å². The van der Waals surface area contributed by atoms with Crippen LogP contribution in [0.15, 0.2) is 42.7 Å². The van der Waals surface area contributed by atoms with E-state index in [0.717, 1.165) is 43.1 Å². The van der Waals surface area contributed by atoms with Gasteiger partial charge in [0.05, 0.1) is 11.4 Å². The molecule has 0 aliphatic carbocycles. The minimum absolute atomic E-state index is 0.182. The first-order valence-corrected chi connectivity index (χ1v) is 7.92. The Morgan fingerprint density at radius 3 is 2.70 bits per heavy atom. The zero-order chi connectivity index (χ0) is 15.8. The SMILES string of the molecule is Cc1cc(-c2cn3cc(N4CCNCC4)ccc3n2)ccc1F. The highest BCUT2D eigenvalue weighted by molar-refractivity contribution is 5.64. The second-order valence-electron chi connectivity index (χ2n) is 5.98. The van der Waals surface area contributed by atoms with Crippen LogP contribution in [0.2, 0.25) is 0 Å². The third-order valence-corrected chi connectivity index (χ3v) is 4.37. The van der Waals surface area contributed by atoms with Crippen molar-refractivity contribution in [2.45, 2.75) is 6.92 Å². The fourth-order valence-corrected chi connectivity index (χ4v) is 3.03. The van der Waals surface area contributed by atoms with E-state index in [4.69, 9.17) is 0 Å². The van der Waals surface area contributed by atoms with Crippen molar-refractivity contribution in [3.05, 3.63) is 54.1 Å². The van der Waals surface area contributed by atoms with E-state index in [-0.39, 0.29) is 5.82 Å². The van der Waals surface area contributed by atoms with Gasteiger partial charge in [-0.15, -0.1) is 0 Å². The molecule has 23 heavy (non-hydrogen) atoms. The standard InChI is InChI=1S/C18H19FN4/c1-13-10-14(2-4-16(13)19)17-12-23-11-15(3-5-18(23)21-17)22-8-6-20-7-9-22/h2-5,10-12,20H,6-9H2,1H3. The highest BCUT2D eigenvalue weighted by Gasteiger charge is 2.12. The van der Waals surface area contributed by atoms with E-state index >= 15 is 0 Å². The Morgan fingerprint density at radius 2 is 1.91 bits per heavy atom. The fraction of sp³-hybridized carbons (Fsp3) is 0.278. The normalized spacial score (nSPS) is 15.3. The van der Waals surface area contributed by atoms with Gasteiger partial charge in [-0.2, -0.15) is 0 Å². The van der Waals surface area contributed by atoms with Crippen LogP contribution in [-0.4, -0.2) is 35.6 Å². The van der Waals surface area contributed by atoms with Gasteiger partial charge < -0.3 is 14.6 Å². The van der Waals surface area contributed by atoms with Gasteiger partial charge in [-0.1, -0.05) is 0 Å². The van der Waals surface area contributed by atoms with Crippen LogP contribution in [0.1, 0.15) is 5.56 Å². The summed E-state index contributed by atoms with van der Waals surface area (Å²) in [6, 6.07) is 9.28. The molecule has 0 bridgehead atoms. The summed E-state index contributed by atoms with van der Waals surface area (Å²) in [5.74, 6) is -0.182. The molecule has 1 aromatic carbocycles. The zero-order valence-electron chi connectivity index (χ0n) is 13.1. The lowest BCUT2D eigenvalue weighted by Crippen LogP contribution is -2.43. The number of nitrogens with zero attached hydrogens (tertiary/aromatic N) is 3. The summed E-state index contributed by atoms with van der Waals surface area (Å²) in [6.07, 6.45) is 4.13. The Kier molecular flexibility index (Phi) is 3.50. The molecule has 1 aliphatic rings. The monoisotopic (exact) mass is 310 g/mol. The second-order valence-corrected chi connectivity index (χ2v) is 5.98. The molecule has 1 aliphatic heterocycles. The Labute approximate surface area is 134 Å². The maximum atomic E-state index is 13.4. The number of benzene rings is 1. The van der Waals surface area contributed by atoms with Crippen LogP contribution >= 0.6 is 0 Å². The third-order valence-electron chi connectivity index (χ3n) is 4.37. The van der Waals surface area contributed by atoms with E-state index in [1.165, 1.54) is 11.8 Å². The largest absolute Gasteiger partial charge is 0.368 e. The summed E-state index contributed by atoms with van der Waals surface area (Å²) in [6.45, 7) is 5.84. The number of rotatable bonds is 2. The zero-order valence-corrected chi connectivity index (χ0v) is 13.1. The molecule has 0 saturated carbocycles. The van der Waals surface area contributed by atoms with Crippen LogP contribution in [0.25, 0.3) is 16.9 Å². The number of fused-ring (bicyclic) bond motifs is 1. The molecule has 3 aromatic rings. The molecule has 0 unspecified atom stereocenters. The van der Waals surface area contributed by atoms with E-state index in [1.54, 1.807) is 13.0 Å². The highest BCUT2D eigenvalue weighted by Crippen LogP contribution is 2.23. The predicted octanol–water partition coefficient (Wildman–Crippen LogP) is 2.86. The van der Waals surface area contributed by atoms with Crippen molar-refractivity contribution in [2.24, 2.45) is 0 Å². The summed E-state index contributed by atoms with van der Waals surface area (Å²) in [5, 5.41) is 3.37. The van der Waals surface area contributed by atoms with Crippen molar-refractivity contribution in [1.29, 1.82) is 0 Å². The first-order valence-electron chi connectivity index (χ1n) is 7.92. The molecule has 0 atom stereocenters. The fourth-order valence-electron chi connectivity index (χ4n) is 3.03. The topological polar surface area (TPSA) is 32.6 Å². The molecule has 0 amide bonds. The van der Waals surface area contributed by atoms with Crippen molar-refractivity contribution in [3.63, 3.8) is 0 Å². The Bertz CT molecular complexity index is 849. The summed E-state index contributed by atoms with van der Waals surface area (Å²) in [5.41, 5.74) is 4.56. The van der Waals surface area contributed by atoms with Crippen LogP contribution in [0.3, 0.4) is 0 Å². The number of piperazine rings is 1. The molecular weight excluding hydrogens is 291 g/mol. The van der Waals surface area contributed by atoms with E-state index in [0.29, 0.717) is 5.56 Å². The van der Waals surface area contributed by atoms with Crippen molar-refractivity contribution >= 4 is 11.3 Å². The van der Waals surface area contributed by atoms with E-state index in [1.807, 2.05) is 22.7 Å². The maximum Gasteiger partial charge on any atom is 0.137 e. The molecular formula is C18H19FN4. The average molecular weight is 310 g/mol. The minimum atomic E-state index is -0.182. The van der Waals surface area contributed by atoms with Crippen LogP contribution in [0.4, 0.5) is 10.1 Å². The minimum Gasteiger partial charge on any atom is -0.368 e. The number of imidazole rings is 1. The Hall–Kier alpha value is -2.40. The highest BCUT2D eigenvalue weighted by atomic mass is 19.1. The molecule has 1 N–H and O–H groups in total. The van der Waals surface area contributed by atoms with Gasteiger partial charge in [0.15, 0.2) is 0 Å².